The lowest BCUT2D eigenvalue weighted by molar-refractivity contribution is 0.294. The summed E-state index contributed by atoms with van der Waals surface area (Å²) < 4.78 is 0. The SMILES string of the molecule is CCC(C)(CC=CCCCNC)CCC=NC. The first-order valence-corrected chi connectivity index (χ1v) is 6.88. The summed E-state index contributed by atoms with van der Waals surface area (Å²) in [6.07, 6.45) is 13.9. The first-order chi connectivity index (χ1) is 8.18. The van der Waals surface area contributed by atoms with E-state index in [2.05, 4.69) is 36.3 Å². The molecule has 0 spiro atoms. The molecule has 0 aromatic heterocycles. The highest BCUT2D eigenvalue weighted by Crippen LogP contribution is 2.31. The van der Waals surface area contributed by atoms with E-state index in [9.17, 15) is 0 Å². The summed E-state index contributed by atoms with van der Waals surface area (Å²) in [7, 11) is 3.86. The van der Waals surface area contributed by atoms with Crippen LogP contribution in [-0.4, -0.2) is 26.9 Å². The fourth-order valence-corrected chi connectivity index (χ4v) is 1.85. The Morgan fingerprint density at radius 3 is 2.59 bits per heavy atom. The third-order valence-corrected chi connectivity index (χ3v) is 3.49. The van der Waals surface area contributed by atoms with Gasteiger partial charge in [-0.2, -0.15) is 0 Å². The average Bonchev–Trinajstić information content (AvgIpc) is 2.34. The van der Waals surface area contributed by atoms with Gasteiger partial charge in [-0.3, -0.25) is 0 Å². The van der Waals surface area contributed by atoms with Gasteiger partial charge in [-0.25, -0.2) is 0 Å². The smallest absolute Gasteiger partial charge is 0.0273 e. The maximum atomic E-state index is 4.05. The number of rotatable bonds is 10. The molecule has 0 aliphatic carbocycles. The van der Waals surface area contributed by atoms with Gasteiger partial charge in [0, 0.05) is 7.05 Å². The van der Waals surface area contributed by atoms with E-state index < -0.39 is 0 Å². The molecule has 0 radical (unpaired) electrons. The standard InChI is InChI=1S/C15H30N2/c1-5-15(2,12-10-14-17-4)11-8-6-7-9-13-16-3/h6,8,14,16H,5,7,9-13H2,1-4H3. The predicted octanol–water partition coefficient (Wildman–Crippen LogP) is 3.83. The average molecular weight is 238 g/mol. The molecular weight excluding hydrogens is 208 g/mol. The lowest BCUT2D eigenvalue weighted by atomic mass is 9.80. The third-order valence-electron chi connectivity index (χ3n) is 3.49. The maximum Gasteiger partial charge on any atom is 0.0273 e. The van der Waals surface area contributed by atoms with Crippen molar-refractivity contribution in [2.24, 2.45) is 10.4 Å². The molecule has 0 aliphatic rings. The first-order valence-electron chi connectivity index (χ1n) is 6.88. The van der Waals surface area contributed by atoms with Crippen LogP contribution in [0.4, 0.5) is 0 Å². The Labute approximate surface area is 108 Å². The minimum absolute atomic E-state index is 0.445. The number of aliphatic imine (C=N–C) groups is 1. The van der Waals surface area contributed by atoms with E-state index in [0.717, 1.165) is 13.0 Å². The van der Waals surface area contributed by atoms with Gasteiger partial charge in [0.15, 0.2) is 0 Å². The largest absolute Gasteiger partial charge is 0.320 e. The predicted molar refractivity (Wildman–Crippen MR) is 79.0 cm³/mol. The normalized spacial score (nSPS) is 15.8. The van der Waals surface area contributed by atoms with Crippen molar-refractivity contribution in [3.8, 4) is 0 Å². The quantitative estimate of drug-likeness (QED) is 0.349. The van der Waals surface area contributed by atoms with Crippen LogP contribution in [0.5, 0.6) is 0 Å². The molecule has 17 heavy (non-hydrogen) atoms. The molecule has 1 atom stereocenters. The molecule has 0 aromatic carbocycles. The second-order valence-electron chi connectivity index (χ2n) is 5.06. The minimum atomic E-state index is 0.445. The van der Waals surface area contributed by atoms with Crippen molar-refractivity contribution in [2.45, 2.75) is 52.4 Å². The van der Waals surface area contributed by atoms with Crippen LogP contribution in [0.3, 0.4) is 0 Å². The Morgan fingerprint density at radius 2 is 2.00 bits per heavy atom. The molecule has 0 aliphatic heterocycles. The summed E-state index contributed by atoms with van der Waals surface area (Å²) in [4.78, 5) is 4.05. The van der Waals surface area contributed by atoms with Crippen LogP contribution < -0.4 is 5.32 Å². The van der Waals surface area contributed by atoms with Gasteiger partial charge in [0.05, 0.1) is 0 Å². The van der Waals surface area contributed by atoms with Crippen molar-refractivity contribution in [3.05, 3.63) is 12.2 Å². The lowest BCUT2D eigenvalue weighted by Gasteiger charge is -2.26. The van der Waals surface area contributed by atoms with E-state index in [0.29, 0.717) is 5.41 Å². The van der Waals surface area contributed by atoms with Gasteiger partial charge in [-0.1, -0.05) is 32.4 Å². The summed E-state index contributed by atoms with van der Waals surface area (Å²) >= 11 is 0. The second-order valence-corrected chi connectivity index (χ2v) is 5.06. The highest BCUT2D eigenvalue weighted by atomic mass is 14.8. The Morgan fingerprint density at radius 1 is 1.24 bits per heavy atom. The molecule has 0 amide bonds. The minimum Gasteiger partial charge on any atom is -0.320 e. The van der Waals surface area contributed by atoms with Crippen molar-refractivity contribution in [3.63, 3.8) is 0 Å². The molecule has 0 saturated heterocycles. The van der Waals surface area contributed by atoms with Gasteiger partial charge < -0.3 is 10.3 Å². The van der Waals surface area contributed by atoms with Crippen LogP contribution in [-0.2, 0) is 0 Å². The number of hydrogen-bond donors (Lipinski definition) is 1. The molecular formula is C15H30N2. The molecule has 100 valence electrons. The number of unbranched alkanes of at least 4 members (excludes halogenated alkanes) is 1. The topological polar surface area (TPSA) is 24.4 Å². The number of allylic oxidation sites excluding steroid dienone is 2. The van der Waals surface area contributed by atoms with Crippen molar-refractivity contribution in [1.82, 2.24) is 5.32 Å². The molecule has 0 saturated carbocycles. The van der Waals surface area contributed by atoms with Crippen molar-refractivity contribution in [2.75, 3.05) is 20.6 Å². The molecule has 0 rings (SSSR count). The molecule has 1 N–H and O–H groups in total. The monoisotopic (exact) mass is 238 g/mol. The lowest BCUT2D eigenvalue weighted by Crippen LogP contribution is -2.14. The Balaban J connectivity index is 3.85. The summed E-state index contributed by atoms with van der Waals surface area (Å²) in [5, 5.41) is 3.17. The second kappa shape index (κ2) is 10.5. The molecule has 0 aromatic rings. The molecule has 2 heteroatoms. The van der Waals surface area contributed by atoms with Crippen LogP contribution >= 0.6 is 0 Å². The summed E-state index contributed by atoms with van der Waals surface area (Å²) in [6, 6.07) is 0. The van der Waals surface area contributed by atoms with E-state index >= 15 is 0 Å². The third kappa shape index (κ3) is 9.11. The zero-order valence-electron chi connectivity index (χ0n) is 12.1. The van der Waals surface area contributed by atoms with Gasteiger partial charge in [-0.05, 0) is 57.3 Å². The first kappa shape index (κ1) is 16.4. The van der Waals surface area contributed by atoms with Crippen LogP contribution in [0.1, 0.15) is 52.4 Å². The maximum absolute atomic E-state index is 4.05. The Bertz CT molecular complexity index is 221. The number of nitrogens with one attached hydrogen (secondary N) is 1. The van der Waals surface area contributed by atoms with Crippen molar-refractivity contribution < 1.29 is 0 Å². The van der Waals surface area contributed by atoms with Crippen LogP contribution in [0, 0.1) is 5.41 Å². The zero-order chi connectivity index (χ0) is 13.0. The fraction of sp³-hybridized carbons (Fsp3) is 0.800. The van der Waals surface area contributed by atoms with Crippen LogP contribution in [0.15, 0.2) is 17.1 Å². The molecule has 1 unspecified atom stereocenters. The van der Waals surface area contributed by atoms with E-state index in [1.165, 1.54) is 32.1 Å². The highest BCUT2D eigenvalue weighted by molar-refractivity contribution is 5.56. The van der Waals surface area contributed by atoms with E-state index in [1.54, 1.807) is 0 Å². The van der Waals surface area contributed by atoms with Gasteiger partial charge in [0.2, 0.25) is 0 Å². The Kier molecular flexibility index (Phi) is 10.1. The molecule has 0 fully saturated rings. The zero-order valence-corrected chi connectivity index (χ0v) is 12.1. The van der Waals surface area contributed by atoms with Gasteiger partial charge >= 0.3 is 0 Å². The van der Waals surface area contributed by atoms with Gasteiger partial charge in [0.25, 0.3) is 0 Å². The Hall–Kier alpha value is -0.630. The van der Waals surface area contributed by atoms with Crippen molar-refractivity contribution in [1.29, 1.82) is 0 Å². The highest BCUT2D eigenvalue weighted by Gasteiger charge is 2.19. The van der Waals surface area contributed by atoms with Gasteiger partial charge in [-0.15, -0.1) is 0 Å². The summed E-state index contributed by atoms with van der Waals surface area (Å²) in [5.41, 5.74) is 0.445. The number of hydrogen-bond acceptors (Lipinski definition) is 2. The van der Waals surface area contributed by atoms with Gasteiger partial charge in [0.1, 0.15) is 0 Å². The van der Waals surface area contributed by atoms with Crippen LogP contribution in [0.25, 0.3) is 0 Å². The molecule has 0 bridgehead atoms. The fourth-order valence-electron chi connectivity index (χ4n) is 1.85. The van der Waals surface area contributed by atoms with Crippen LogP contribution in [0.2, 0.25) is 0 Å². The number of nitrogens with zero attached hydrogens (tertiary/aromatic N) is 1. The summed E-state index contributed by atoms with van der Waals surface area (Å²) in [6.45, 7) is 5.79. The van der Waals surface area contributed by atoms with E-state index in [-0.39, 0.29) is 0 Å². The van der Waals surface area contributed by atoms with E-state index in [4.69, 9.17) is 0 Å². The van der Waals surface area contributed by atoms with E-state index in [1.807, 2.05) is 20.3 Å². The summed E-state index contributed by atoms with van der Waals surface area (Å²) in [5.74, 6) is 0. The molecule has 0 heterocycles. The van der Waals surface area contributed by atoms with Crippen molar-refractivity contribution >= 4 is 6.21 Å². The molecule has 2 nitrogen and oxygen atoms in total.